The van der Waals surface area contributed by atoms with E-state index in [0.717, 1.165) is 42.3 Å². The summed E-state index contributed by atoms with van der Waals surface area (Å²) in [6.45, 7) is 7.48. The summed E-state index contributed by atoms with van der Waals surface area (Å²) in [5.41, 5.74) is 3.69. The van der Waals surface area contributed by atoms with Crippen molar-refractivity contribution in [1.29, 1.82) is 0 Å². The van der Waals surface area contributed by atoms with E-state index in [2.05, 4.69) is 74.1 Å². The lowest BCUT2D eigenvalue weighted by molar-refractivity contribution is 0.156. The molecule has 4 aromatic rings. The van der Waals surface area contributed by atoms with E-state index in [9.17, 15) is 4.79 Å². The Hall–Kier alpha value is -2.80. The van der Waals surface area contributed by atoms with Gasteiger partial charge in [-0.1, -0.05) is 67.1 Å². The molecule has 0 fully saturated rings. The van der Waals surface area contributed by atoms with Gasteiger partial charge in [-0.05, 0) is 50.0 Å². The van der Waals surface area contributed by atoms with E-state index in [-0.39, 0.29) is 11.6 Å². The van der Waals surface area contributed by atoms with Crippen LogP contribution in [0.25, 0.3) is 10.2 Å². The van der Waals surface area contributed by atoms with Gasteiger partial charge in [-0.15, -0.1) is 11.3 Å². The van der Waals surface area contributed by atoms with Gasteiger partial charge in [-0.25, -0.2) is 4.98 Å². The van der Waals surface area contributed by atoms with Crippen LogP contribution in [0.5, 0.6) is 0 Å². The molecule has 4 rings (SSSR count). The molecule has 5 nitrogen and oxygen atoms in total. The van der Waals surface area contributed by atoms with Gasteiger partial charge in [0.1, 0.15) is 10.7 Å². The molecule has 0 bridgehead atoms. The third-order valence-electron chi connectivity index (χ3n) is 6.26. The van der Waals surface area contributed by atoms with Crippen molar-refractivity contribution in [2.24, 2.45) is 0 Å². The van der Waals surface area contributed by atoms with Crippen molar-refractivity contribution in [3.8, 4) is 0 Å². The van der Waals surface area contributed by atoms with E-state index < -0.39 is 0 Å². The van der Waals surface area contributed by atoms with Crippen LogP contribution in [0.4, 0.5) is 0 Å². The number of nitrogens with zero attached hydrogens (tertiary/aromatic N) is 4. The highest BCUT2D eigenvalue weighted by Gasteiger charge is 2.25. The van der Waals surface area contributed by atoms with Gasteiger partial charge in [0.15, 0.2) is 0 Å². The van der Waals surface area contributed by atoms with Gasteiger partial charge in [0.25, 0.3) is 5.56 Å². The number of aromatic nitrogens is 2. The second-order valence-electron chi connectivity index (χ2n) is 9.17. The largest absolute Gasteiger partial charge is 0.308 e. The van der Waals surface area contributed by atoms with Crippen LogP contribution in [0, 0.1) is 6.92 Å². The fourth-order valence-electron chi connectivity index (χ4n) is 4.34. The van der Waals surface area contributed by atoms with Crippen LogP contribution in [0.2, 0.25) is 0 Å². The molecular weight excluding hydrogens is 440 g/mol. The van der Waals surface area contributed by atoms with Crippen molar-refractivity contribution in [1.82, 2.24) is 19.4 Å². The lowest BCUT2D eigenvalue weighted by atomic mass is 10.1. The summed E-state index contributed by atoms with van der Waals surface area (Å²) in [5, 5.41) is 2.67. The van der Waals surface area contributed by atoms with E-state index in [1.807, 2.05) is 34.2 Å². The maximum atomic E-state index is 13.6. The molecule has 6 heteroatoms. The van der Waals surface area contributed by atoms with Gasteiger partial charge in [0, 0.05) is 19.6 Å². The zero-order chi connectivity index (χ0) is 24.1. The number of rotatable bonds is 10. The minimum Gasteiger partial charge on any atom is -0.308 e. The fraction of sp³-hybridized carbons (Fsp3) is 0.357. The van der Waals surface area contributed by atoms with Crippen LogP contribution in [-0.4, -0.2) is 46.5 Å². The van der Waals surface area contributed by atoms with Gasteiger partial charge >= 0.3 is 0 Å². The van der Waals surface area contributed by atoms with Gasteiger partial charge in [-0.2, -0.15) is 0 Å². The van der Waals surface area contributed by atoms with Crippen LogP contribution < -0.4 is 5.56 Å². The van der Waals surface area contributed by atoms with Crippen molar-refractivity contribution in [3.05, 3.63) is 98.9 Å². The Labute approximate surface area is 206 Å². The smallest absolute Gasteiger partial charge is 0.262 e. The van der Waals surface area contributed by atoms with Gasteiger partial charge < -0.3 is 4.90 Å². The molecule has 0 aliphatic rings. The van der Waals surface area contributed by atoms with Crippen LogP contribution in [0.1, 0.15) is 41.9 Å². The van der Waals surface area contributed by atoms with Crippen molar-refractivity contribution in [2.45, 2.75) is 39.4 Å². The van der Waals surface area contributed by atoms with Crippen molar-refractivity contribution >= 4 is 21.6 Å². The summed E-state index contributed by atoms with van der Waals surface area (Å²) < 4.78 is 1.90. The second-order valence-corrected chi connectivity index (χ2v) is 10.1. The van der Waals surface area contributed by atoms with Crippen molar-refractivity contribution in [2.75, 3.05) is 27.2 Å². The molecule has 0 aliphatic heterocycles. The van der Waals surface area contributed by atoms with E-state index >= 15 is 0 Å². The van der Waals surface area contributed by atoms with Crippen LogP contribution in [0.3, 0.4) is 0 Å². The second kappa shape index (κ2) is 11.1. The topological polar surface area (TPSA) is 41.4 Å². The summed E-state index contributed by atoms with van der Waals surface area (Å²) in [4.78, 5) is 24.2. The Morgan fingerprint density at radius 3 is 2.38 bits per heavy atom. The van der Waals surface area contributed by atoms with E-state index in [0.29, 0.717) is 11.9 Å². The van der Waals surface area contributed by atoms with E-state index in [1.165, 1.54) is 11.1 Å². The molecule has 0 saturated heterocycles. The van der Waals surface area contributed by atoms with E-state index in [4.69, 9.17) is 4.98 Å². The molecule has 0 saturated carbocycles. The highest BCUT2D eigenvalue weighted by Crippen LogP contribution is 2.27. The Kier molecular flexibility index (Phi) is 7.93. The molecule has 0 N–H and O–H groups in total. The first-order valence-corrected chi connectivity index (χ1v) is 12.8. The number of aryl methyl sites for hydroxylation is 1. The SMILES string of the molecule is CCC(c1nc2sccc2c(=O)n1Cc1ccccc1)N(CCN(C)C)Cc1ccc(C)cc1. The molecule has 0 aliphatic carbocycles. The monoisotopic (exact) mass is 474 g/mol. The number of hydrogen-bond acceptors (Lipinski definition) is 5. The molecule has 2 aromatic carbocycles. The van der Waals surface area contributed by atoms with Gasteiger partial charge in [-0.3, -0.25) is 14.3 Å². The fourth-order valence-corrected chi connectivity index (χ4v) is 5.10. The lowest BCUT2D eigenvalue weighted by Gasteiger charge is -2.33. The predicted octanol–water partition coefficient (Wildman–Crippen LogP) is 5.33. The molecule has 34 heavy (non-hydrogen) atoms. The van der Waals surface area contributed by atoms with Crippen molar-refractivity contribution < 1.29 is 0 Å². The third kappa shape index (κ3) is 5.63. The Bertz CT molecular complexity index is 1260. The first-order chi connectivity index (χ1) is 16.5. The quantitative estimate of drug-likeness (QED) is 0.312. The maximum Gasteiger partial charge on any atom is 0.262 e. The maximum absolute atomic E-state index is 13.6. The Morgan fingerprint density at radius 1 is 0.971 bits per heavy atom. The standard InChI is InChI=1S/C28H34N4OS/c1-5-25(31(17-16-30(3)4)19-23-13-11-21(2)12-14-23)26-29-27-24(15-18-34-27)28(33)32(26)20-22-9-7-6-8-10-22/h6-15,18,25H,5,16-17,19-20H2,1-4H3. The molecule has 1 unspecified atom stereocenters. The highest BCUT2D eigenvalue weighted by molar-refractivity contribution is 7.16. The third-order valence-corrected chi connectivity index (χ3v) is 7.07. The first-order valence-electron chi connectivity index (χ1n) is 11.9. The normalized spacial score (nSPS) is 12.6. The van der Waals surface area contributed by atoms with Crippen LogP contribution in [-0.2, 0) is 13.1 Å². The minimum absolute atomic E-state index is 0.0316. The first kappa shape index (κ1) is 24.3. The van der Waals surface area contributed by atoms with Crippen LogP contribution in [0.15, 0.2) is 70.8 Å². The number of likely N-dealkylation sites (N-methyl/N-ethyl adjacent to an activating group) is 1. The number of fused-ring (bicyclic) bond motifs is 1. The summed E-state index contributed by atoms with van der Waals surface area (Å²) in [7, 11) is 4.21. The highest BCUT2D eigenvalue weighted by atomic mass is 32.1. The summed E-state index contributed by atoms with van der Waals surface area (Å²) in [5.74, 6) is 0.858. The molecule has 0 spiro atoms. The van der Waals surface area contributed by atoms with Crippen molar-refractivity contribution in [3.63, 3.8) is 0 Å². The number of hydrogen-bond donors (Lipinski definition) is 0. The summed E-state index contributed by atoms with van der Waals surface area (Å²) in [6, 6.07) is 20.9. The zero-order valence-corrected chi connectivity index (χ0v) is 21.4. The van der Waals surface area contributed by atoms with Crippen LogP contribution >= 0.6 is 11.3 Å². The average Bonchev–Trinajstić information content (AvgIpc) is 3.31. The molecule has 178 valence electrons. The average molecular weight is 475 g/mol. The molecular formula is C28H34N4OS. The lowest BCUT2D eigenvalue weighted by Crippen LogP contribution is -2.38. The molecule has 2 aromatic heterocycles. The number of thiophene rings is 1. The predicted molar refractivity (Wildman–Crippen MR) is 143 cm³/mol. The molecule has 0 radical (unpaired) electrons. The summed E-state index contributed by atoms with van der Waals surface area (Å²) in [6.07, 6.45) is 0.872. The Morgan fingerprint density at radius 2 is 1.71 bits per heavy atom. The molecule has 1 atom stereocenters. The molecule has 2 heterocycles. The Balaban J connectivity index is 1.79. The summed E-state index contributed by atoms with van der Waals surface area (Å²) >= 11 is 1.54. The van der Waals surface area contributed by atoms with Gasteiger partial charge in [0.05, 0.1) is 18.0 Å². The number of benzene rings is 2. The minimum atomic E-state index is 0.0316. The van der Waals surface area contributed by atoms with Gasteiger partial charge in [0.2, 0.25) is 0 Å². The zero-order valence-electron chi connectivity index (χ0n) is 20.6. The van der Waals surface area contributed by atoms with E-state index in [1.54, 1.807) is 11.3 Å². The molecule has 0 amide bonds.